The monoisotopic (exact) mass is 263 g/mol. The van der Waals surface area contributed by atoms with Crippen molar-refractivity contribution in [2.24, 2.45) is 0 Å². The van der Waals surface area contributed by atoms with Crippen LogP contribution in [0.25, 0.3) is 0 Å². The van der Waals surface area contributed by atoms with E-state index in [0.717, 1.165) is 25.7 Å². The summed E-state index contributed by atoms with van der Waals surface area (Å²) in [5.74, 6) is -0.844. The zero-order chi connectivity index (χ0) is 13.7. The smallest absolute Gasteiger partial charge is 0.222 e. The van der Waals surface area contributed by atoms with Crippen LogP contribution in [0.5, 0.6) is 0 Å². The van der Waals surface area contributed by atoms with Crippen LogP contribution in [0.3, 0.4) is 0 Å². The molecule has 0 unspecified atom stereocenters. The lowest BCUT2D eigenvalue weighted by atomic mass is 10.1. The van der Waals surface area contributed by atoms with Crippen molar-refractivity contribution >= 4 is 11.7 Å². The maximum atomic E-state index is 13.5. The lowest BCUT2D eigenvalue weighted by molar-refractivity contribution is -0.131. The predicted octanol–water partition coefficient (Wildman–Crippen LogP) is 2.80. The lowest BCUT2D eigenvalue weighted by Crippen LogP contribution is -2.37. The average molecular weight is 263 g/mol. The van der Waals surface area contributed by atoms with Crippen LogP contribution >= 0.6 is 0 Å². The van der Waals surface area contributed by atoms with Gasteiger partial charge < -0.3 is 4.90 Å². The van der Waals surface area contributed by atoms with Gasteiger partial charge in [-0.15, -0.1) is 0 Å². The van der Waals surface area contributed by atoms with Crippen molar-refractivity contribution in [3.8, 4) is 0 Å². The standard InChI is InChI=1S/C15H18FNO2/c16-13-8-5-4-7-12(13)14(18)11-17-10-6-2-1-3-9-15(17)19/h4-5,7-8H,1-3,6,9-11H2. The van der Waals surface area contributed by atoms with E-state index in [1.165, 1.54) is 12.1 Å². The minimum Gasteiger partial charge on any atom is -0.335 e. The fourth-order valence-corrected chi connectivity index (χ4v) is 2.33. The highest BCUT2D eigenvalue weighted by Gasteiger charge is 2.20. The summed E-state index contributed by atoms with van der Waals surface area (Å²) in [5.41, 5.74) is 0.0670. The molecule has 1 aliphatic rings. The molecule has 0 aliphatic carbocycles. The Labute approximate surface area is 112 Å². The molecule has 1 fully saturated rings. The van der Waals surface area contributed by atoms with Gasteiger partial charge in [0.2, 0.25) is 5.91 Å². The quantitative estimate of drug-likeness (QED) is 0.786. The first-order valence-corrected chi connectivity index (χ1v) is 6.74. The number of Topliss-reactive ketones (excluding diaryl/α,β-unsaturated/α-hetero) is 1. The van der Waals surface area contributed by atoms with E-state index in [2.05, 4.69) is 0 Å². The second kappa shape index (κ2) is 6.45. The third-order valence-electron chi connectivity index (χ3n) is 3.43. The van der Waals surface area contributed by atoms with Gasteiger partial charge >= 0.3 is 0 Å². The topological polar surface area (TPSA) is 37.4 Å². The molecule has 1 heterocycles. The van der Waals surface area contributed by atoms with Crippen LogP contribution in [0.1, 0.15) is 42.5 Å². The van der Waals surface area contributed by atoms with E-state index in [4.69, 9.17) is 0 Å². The van der Waals surface area contributed by atoms with Crippen LogP contribution in [0, 0.1) is 5.82 Å². The Balaban J connectivity index is 2.04. The molecule has 0 spiro atoms. The summed E-state index contributed by atoms with van der Waals surface area (Å²) in [7, 11) is 0. The number of benzene rings is 1. The maximum absolute atomic E-state index is 13.5. The van der Waals surface area contributed by atoms with Gasteiger partial charge in [0.15, 0.2) is 5.78 Å². The van der Waals surface area contributed by atoms with Crippen LogP contribution in [-0.2, 0) is 4.79 Å². The molecule has 1 aliphatic heterocycles. The van der Waals surface area contributed by atoms with Gasteiger partial charge in [-0.25, -0.2) is 4.39 Å². The van der Waals surface area contributed by atoms with E-state index >= 15 is 0 Å². The summed E-state index contributed by atoms with van der Waals surface area (Å²) < 4.78 is 13.5. The van der Waals surface area contributed by atoms with Gasteiger partial charge in [0.1, 0.15) is 5.82 Å². The molecule has 102 valence electrons. The first kappa shape index (κ1) is 13.7. The summed E-state index contributed by atoms with van der Waals surface area (Å²) in [6.45, 7) is 0.582. The molecule has 0 radical (unpaired) electrons. The molecule has 1 aromatic carbocycles. The van der Waals surface area contributed by atoms with Gasteiger partial charge in [0.25, 0.3) is 0 Å². The summed E-state index contributed by atoms with van der Waals surface area (Å²) in [6.07, 6.45) is 4.43. The summed E-state index contributed by atoms with van der Waals surface area (Å²) >= 11 is 0. The highest BCUT2D eigenvalue weighted by atomic mass is 19.1. The minimum absolute atomic E-state index is 0.00406. The Morgan fingerprint density at radius 3 is 2.68 bits per heavy atom. The molecule has 1 amide bonds. The fraction of sp³-hybridized carbons (Fsp3) is 0.467. The number of likely N-dealkylation sites (tertiary alicyclic amines) is 1. The molecule has 1 aromatic rings. The van der Waals surface area contributed by atoms with Gasteiger partial charge in [0, 0.05) is 13.0 Å². The predicted molar refractivity (Wildman–Crippen MR) is 70.4 cm³/mol. The molecule has 1 saturated heterocycles. The third kappa shape index (κ3) is 3.63. The molecule has 0 aromatic heterocycles. The van der Waals surface area contributed by atoms with E-state index in [9.17, 15) is 14.0 Å². The minimum atomic E-state index is -0.521. The summed E-state index contributed by atoms with van der Waals surface area (Å²) in [5, 5.41) is 0. The van der Waals surface area contributed by atoms with Gasteiger partial charge in [-0.2, -0.15) is 0 Å². The Hall–Kier alpha value is -1.71. The van der Waals surface area contributed by atoms with Crippen LogP contribution < -0.4 is 0 Å². The van der Waals surface area contributed by atoms with E-state index in [1.807, 2.05) is 0 Å². The summed E-state index contributed by atoms with van der Waals surface area (Å²) in [6, 6.07) is 5.91. The van der Waals surface area contributed by atoms with E-state index in [-0.39, 0.29) is 23.8 Å². The third-order valence-corrected chi connectivity index (χ3v) is 3.43. The molecule has 0 saturated carbocycles. The van der Waals surface area contributed by atoms with Crippen molar-refractivity contribution in [2.75, 3.05) is 13.1 Å². The van der Waals surface area contributed by atoms with Crippen molar-refractivity contribution in [3.63, 3.8) is 0 Å². The molecule has 4 heteroatoms. The molecule has 0 N–H and O–H groups in total. The lowest BCUT2D eigenvalue weighted by Gasteiger charge is -2.24. The Morgan fingerprint density at radius 1 is 1.16 bits per heavy atom. The van der Waals surface area contributed by atoms with E-state index < -0.39 is 5.82 Å². The van der Waals surface area contributed by atoms with E-state index in [0.29, 0.717) is 13.0 Å². The van der Waals surface area contributed by atoms with Crippen molar-refractivity contribution in [1.82, 2.24) is 4.90 Å². The number of ketones is 1. The van der Waals surface area contributed by atoms with Gasteiger partial charge in [0.05, 0.1) is 12.1 Å². The van der Waals surface area contributed by atoms with Gasteiger partial charge in [-0.3, -0.25) is 9.59 Å². The highest BCUT2D eigenvalue weighted by Crippen LogP contribution is 2.13. The molecular formula is C15H18FNO2. The fourth-order valence-electron chi connectivity index (χ4n) is 2.33. The summed E-state index contributed by atoms with van der Waals surface area (Å²) in [4.78, 5) is 25.5. The first-order valence-electron chi connectivity index (χ1n) is 6.74. The normalized spacial score (nSPS) is 16.9. The number of carbonyl (C=O) groups is 2. The highest BCUT2D eigenvalue weighted by molar-refractivity contribution is 5.99. The zero-order valence-corrected chi connectivity index (χ0v) is 10.9. The average Bonchev–Trinajstić information content (AvgIpc) is 2.39. The Bertz CT molecular complexity index is 473. The number of amides is 1. The van der Waals surface area contributed by atoms with Crippen molar-refractivity contribution in [3.05, 3.63) is 35.6 Å². The molecule has 0 bridgehead atoms. The van der Waals surface area contributed by atoms with Crippen LogP contribution in [0.2, 0.25) is 0 Å². The van der Waals surface area contributed by atoms with Crippen LogP contribution in [-0.4, -0.2) is 29.7 Å². The van der Waals surface area contributed by atoms with Crippen LogP contribution in [0.4, 0.5) is 4.39 Å². The number of rotatable bonds is 3. The van der Waals surface area contributed by atoms with Crippen LogP contribution in [0.15, 0.2) is 24.3 Å². The number of hydrogen-bond donors (Lipinski definition) is 0. The Morgan fingerprint density at radius 2 is 1.89 bits per heavy atom. The number of nitrogens with zero attached hydrogens (tertiary/aromatic N) is 1. The maximum Gasteiger partial charge on any atom is 0.222 e. The Kier molecular flexibility index (Phi) is 4.66. The van der Waals surface area contributed by atoms with Gasteiger partial charge in [-0.05, 0) is 25.0 Å². The van der Waals surface area contributed by atoms with Crippen molar-refractivity contribution < 1.29 is 14.0 Å². The largest absolute Gasteiger partial charge is 0.335 e. The van der Waals surface area contributed by atoms with Crippen molar-refractivity contribution in [1.29, 1.82) is 0 Å². The first-order chi connectivity index (χ1) is 9.18. The van der Waals surface area contributed by atoms with E-state index in [1.54, 1.807) is 17.0 Å². The second-order valence-electron chi connectivity index (χ2n) is 4.88. The SMILES string of the molecule is O=C(CN1CCCCCCC1=O)c1ccccc1F. The van der Waals surface area contributed by atoms with Gasteiger partial charge in [-0.1, -0.05) is 25.0 Å². The molecule has 0 atom stereocenters. The molecule has 3 nitrogen and oxygen atoms in total. The number of hydrogen-bond acceptors (Lipinski definition) is 2. The number of carbonyl (C=O) groups excluding carboxylic acids is 2. The second-order valence-corrected chi connectivity index (χ2v) is 4.88. The number of halogens is 1. The molecule has 19 heavy (non-hydrogen) atoms. The molecule has 2 rings (SSSR count). The van der Waals surface area contributed by atoms with Crippen molar-refractivity contribution in [2.45, 2.75) is 32.1 Å². The zero-order valence-electron chi connectivity index (χ0n) is 10.9. The molecular weight excluding hydrogens is 245 g/mol.